The number of esters is 1. The summed E-state index contributed by atoms with van der Waals surface area (Å²) in [5, 5.41) is 0. The zero-order chi connectivity index (χ0) is 14.1. The van der Waals surface area contributed by atoms with Gasteiger partial charge in [-0.2, -0.15) is 0 Å². The summed E-state index contributed by atoms with van der Waals surface area (Å²) in [5.74, 6) is -0.316. The molecule has 1 aromatic rings. The Morgan fingerprint density at radius 1 is 1.32 bits per heavy atom. The predicted octanol–water partition coefficient (Wildman–Crippen LogP) is 3.58. The second-order valence-electron chi connectivity index (χ2n) is 4.26. The number of benzene rings is 1. The third-order valence-corrected chi connectivity index (χ3v) is 2.90. The first-order chi connectivity index (χ1) is 9.24. The quantitative estimate of drug-likeness (QED) is 0.428. The van der Waals surface area contributed by atoms with Crippen molar-refractivity contribution < 1.29 is 14.3 Å². The number of hydrogen-bond donors (Lipinski definition) is 0. The van der Waals surface area contributed by atoms with E-state index in [9.17, 15) is 4.79 Å². The smallest absolute Gasteiger partial charge is 0.338 e. The Morgan fingerprint density at radius 3 is 2.68 bits per heavy atom. The van der Waals surface area contributed by atoms with E-state index in [1.165, 1.54) is 7.11 Å². The summed E-state index contributed by atoms with van der Waals surface area (Å²) in [7, 11) is 1.40. The first-order valence-corrected chi connectivity index (χ1v) is 6.65. The van der Waals surface area contributed by atoms with E-state index >= 15 is 0 Å². The minimum absolute atomic E-state index is 0.316. The standard InChI is InChI=1S/C16H22O3/c1-4-6-11-19-12-13-9-7-8-10-15(13)14(5-2)16(17)18-3/h5,7-10H,4,6,11-12H2,1-3H3. The molecule has 0 atom stereocenters. The first-order valence-electron chi connectivity index (χ1n) is 6.65. The zero-order valence-corrected chi connectivity index (χ0v) is 11.9. The summed E-state index contributed by atoms with van der Waals surface area (Å²) in [4.78, 5) is 11.7. The highest BCUT2D eigenvalue weighted by Crippen LogP contribution is 2.21. The molecule has 0 radical (unpaired) electrons. The summed E-state index contributed by atoms with van der Waals surface area (Å²) in [5.41, 5.74) is 2.47. The summed E-state index contributed by atoms with van der Waals surface area (Å²) in [6.07, 6.45) is 3.94. The topological polar surface area (TPSA) is 35.5 Å². The van der Waals surface area contributed by atoms with Crippen LogP contribution in [0, 0.1) is 0 Å². The molecule has 0 aromatic heterocycles. The van der Waals surface area contributed by atoms with Crippen molar-refractivity contribution in [3.8, 4) is 0 Å². The number of carbonyl (C=O) groups is 1. The van der Waals surface area contributed by atoms with E-state index in [1.54, 1.807) is 6.08 Å². The Balaban J connectivity index is 2.85. The van der Waals surface area contributed by atoms with Crippen molar-refractivity contribution in [1.82, 2.24) is 0 Å². The van der Waals surface area contributed by atoms with Gasteiger partial charge in [-0.05, 0) is 24.5 Å². The Labute approximate surface area is 115 Å². The van der Waals surface area contributed by atoms with Crippen molar-refractivity contribution in [1.29, 1.82) is 0 Å². The minimum Gasteiger partial charge on any atom is -0.465 e. The molecule has 0 aliphatic rings. The van der Waals surface area contributed by atoms with E-state index in [1.807, 2.05) is 31.2 Å². The molecular formula is C16H22O3. The van der Waals surface area contributed by atoms with Crippen LogP contribution in [0.15, 0.2) is 30.3 Å². The fourth-order valence-electron chi connectivity index (χ4n) is 1.83. The number of ether oxygens (including phenoxy) is 2. The van der Waals surface area contributed by atoms with Crippen LogP contribution in [0.3, 0.4) is 0 Å². The van der Waals surface area contributed by atoms with Crippen LogP contribution in [0.25, 0.3) is 5.57 Å². The second-order valence-corrected chi connectivity index (χ2v) is 4.26. The summed E-state index contributed by atoms with van der Waals surface area (Å²) < 4.78 is 10.4. The average Bonchev–Trinajstić information content (AvgIpc) is 2.45. The van der Waals surface area contributed by atoms with Gasteiger partial charge in [0.05, 0.1) is 19.3 Å². The lowest BCUT2D eigenvalue weighted by atomic mass is 10.00. The molecule has 0 saturated heterocycles. The zero-order valence-electron chi connectivity index (χ0n) is 11.9. The van der Waals surface area contributed by atoms with Crippen LogP contribution in [0.5, 0.6) is 0 Å². The van der Waals surface area contributed by atoms with E-state index in [0.717, 1.165) is 30.6 Å². The number of allylic oxidation sites excluding steroid dienone is 1. The number of unbranched alkanes of at least 4 members (excludes halogenated alkanes) is 1. The molecule has 0 aliphatic heterocycles. The van der Waals surface area contributed by atoms with Gasteiger partial charge < -0.3 is 9.47 Å². The van der Waals surface area contributed by atoms with Crippen LogP contribution in [0.2, 0.25) is 0 Å². The Kier molecular flexibility index (Phi) is 6.90. The number of carbonyl (C=O) groups excluding carboxylic acids is 1. The summed E-state index contributed by atoms with van der Waals surface area (Å²) >= 11 is 0. The summed E-state index contributed by atoms with van der Waals surface area (Å²) in [6.45, 7) is 5.23. The third kappa shape index (κ3) is 4.52. The van der Waals surface area contributed by atoms with Crippen LogP contribution in [-0.2, 0) is 20.9 Å². The first kappa shape index (κ1) is 15.4. The molecule has 1 aromatic carbocycles. The normalized spacial score (nSPS) is 11.4. The van der Waals surface area contributed by atoms with Gasteiger partial charge in [-0.3, -0.25) is 0 Å². The Morgan fingerprint density at radius 2 is 2.05 bits per heavy atom. The van der Waals surface area contributed by atoms with E-state index < -0.39 is 0 Å². The molecule has 3 heteroatoms. The van der Waals surface area contributed by atoms with Crippen LogP contribution in [0.4, 0.5) is 0 Å². The molecule has 0 unspecified atom stereocenters. The van der Waals surface area contributed by atoms with Crippen LogP contribution < -0.4 is 0 Å². The highest BCUT2D eigenvalue weighted by molar-refractivity contribution is 6.16. The molecule has 0 spiro atoms. The van der Waals surface area contributed by atoms with Gasteiger partial charge in [-0.15, -0.1) is 0 Å². The lowest BCUT2D eigenvalue weighted by molar-refractivity contribution is -0.133. The van der Waals surface area contributed by atoms with Gasteiger partial charge in [-0.25, -0.2) is 4.79 Å². The van der Waals surface area contributed by atoms with Crippen molar-refractivity contribution in [3.63, 3.8) is 0 Å². The molecule has 0 bridgehead atoms. The van der Waals surface area contributed by atoms with E-state index in [0.29, 0.717) is 12.2 Å². The largest absolute Gasteiger partial charge is 0.465 e. The molecule has 3 nitrogen and oxygen atoms in total. The number of methoxy groups -OCH3 is 1. The summed E-state index contributed by atoms with van der Waals surface area (Å²) in [6, 6.07) is 7.77. The predicted molar refractivity (Wildman–Crippen MR) is 76.7 cm³/mol. The maximum Gasteiger partial charge on any atom is 0.338 e. The van der Waals surface area contributed by atoms with Crippen LogP contribution >= 0.6 is 0 Å². The van der Waals surface area contributed by atoms with E-state index in [2.05, 4.69) is 6.92 Å². The van der Waals surface area contributed by atoms with E-state index in [4.69, 9.17) is 9.47 Å². The molecule has 0 N–H and O–H groups in total. The van der Waals surface area contributed by atoms with Gasteiger partial charge in [-0.1, -0.05) is 43.7 Å². The maximum absolute atomic E-state index is 11.7. The monoisotopic (exact) mass is 262 g/mol. The minimum atomic E-state index is -0.316. The molecule has 1 rings (SSSR count). The molecular weight excluding hydrogens is 240 g/mol. The number of hydrogen-bond acceptors (Lipinski definition) is 3. The maximum atomic E-state index is 11.7. The highest BCUT2D eigenvalue weighted by Gasteiger charge is 2.14. The lowest BCUT2D eigenvalue weighted by Crippen LogP contribution is -2.07. The molecule has 0 amide bonds. The fraction of sp³-hybridized carbons (Fsp3) is 0.438. The third-order valence-electron chi connectivity index (χ3n) is 2.90. The van der Waals surface area contributed by atoms with Gasteiger partial charge in [0.15, 0.2) is 0 Å². The SMILES string of the molecule is CC=C(C(=O)OC)c1ccccc1COCCCC. The van der Waals surface area contributed by atoms with Crippen molar-refractivity contribution in [2.75, 3.05) is 13.7 Å². The fourth-order valence-corrected chi connectivity index (χ4v) is 1.83. The molecule has 0 heterocycles. The molecule has 104 valence electrons. The van der Waals surface area contributed by atoms with Gasteiger partial charge in [0.25, 0.3) is 0 Å². The Bertz CT molecular complexity index is 435. The van der Waals surface area contributed by atoms with Crippen molar-refractivity contribution in [3.05, 3.63) is 41.5 Å². The molecule has 19 heavy (non-hydrogen) atoms. The van der Waals surface area contributed by atoms with Crippen molar-refractivity contribution in [2.24, 2.45) is 0 Å². The lowest BCUT2D eigenvalue weighted by Gasteiger charge is -2.11. The van der Waals surface area contributed by atoms with Gasteiger partial charge in [0.2, 0.25) is 0 Å². The number of rotatable bonds is 7. The van der Waals surface area contributed by atoms with Crippen molar-refractivity contribution in [2.45, 2.75) is 33.3 Å². The molecule has 0 saturated carbocycles. The average molecular weight is 262 g/mol. The highest BCUT2D eigenvalue weighted by atomic mass is 16.5. The van der Waals surface area contributed by atoms with Gasteiger partial charge in [0.1, 0.15) is 0 Å². The second kappa shape index (κ2) is 8.48. The van der Waals surface area contributed by atoms with Crippen molar-refractivity contribution >= 4 is 11.5 Å². The molecule has 0 aliphatic carbocycles. The van der Waals surface area contributed by atoms with E-state index in [-0.39, 0.29) is 5.97 Å². The van der Waals surface area contributed by atoms with Crippen LogP contribution in [-0.4, -0.2) is 19.7 Å². The van der Waals surface area contributed by atoms with Gasteiger partial charge >= 0.3 is 5.97 Å². The van der Waals surface area contributed by atoms with Crippen LogP contribution in [0.1, 0.15) is 37.8 Å². The molecule has 0 fully saturated rings. The van der Waals surface area contributed by atoms with Gasteiger partial charge in [0, 0.05) is 6.61 Å². The Hall–Kier alpha value is -1.61.